The summed E-state index contributed by atoms with van der Waals surface area (Å²) < 4.78 is 5.65. The van der Waals surface area contributed by atoms with E-state index < -0.39 is 0 Å². The van der Waals surface area contributed by atoms with Crippen molar-refractivity contribution in [1.82, 2.24) is 15.2 Å². The molecule has 1 saturated heterocycles. The van der Waals surface area contributed by atoms with Crippen molar-refractivity contribution >= 4 is 5.91 Å². The monoisotopic (exact) mass is 219 g/mol. The first-order valence-electron chi connectivity index (χ1n) is 5.45. The lowest BCUT2D eigenvalue weighted by Gasteiger charge is -2.33. The van der Waals surface area contributed by atoms with Crippen molar-refractivity contribution in [3.05, 3.63) is 24.0 Å². The van der Waals surface area contributed by atoms with E-state index in [0.717, 1.165) is 19.6 Å². The SMILES string of the molecule is O=C1c2cnccc2OC[C@@H]2CNCCN12. The molecule has 0 spiro atoms. The molecule has 5 heteroatoms. The molecular formula is C11H13N3O2. The molecule has 3 heterocycles. The highest BCUT2D eigenvalue weighted by Gasteiger charge is 2.32. The number of fused-ring (bicyclic) bond motifs is 2. The van der Waals surface area contributed by atoms with Gasteiger partial charge in [-0.3, -0.25) is 9.78 Å². The van der Waals surface area contributed by atoms with E-state index in [4.69, 9.17) is 4.74 Å². The van der Waals surface area contributed by atoms with Crippen LogP contribution in [-0.2, 0) is 0 Å². The molecule has 1 amide bonds. The molecule has 0 bridgehead atoms. The second kappa shape index (κ2) is 3.75. The summed E-state index contributed by atoms with van der Waals surface area (Å²) in [5, 5.41) is 3.27. The molecule has 2 aliphatic rings. The Morgan fingerprint density at radius 2 is 2.50 bits per heavy atom. The van der Waals surface area contributed by atoms with Gasteiger partial charge in [0, 0.05) is 32.0 Å². The number of pyridine rings is 1. The van der Waals surface area contributed by atoms with E-state index in [1.54, 1.807) is 18.5 Å². The Balaban J connectivity index is 1.99. The number of hydrogen-bond acceptors (Lipinski definition) is 4. The fourth-order valence-corrected chi connectivity index (χ4v) is 2.19. The molecule has 1 atom stereocenters. The summed E-state index contributed by atoms with van der Waals surface area (Å²) >= 11 is 0. The molecule has 1 aromatic rings. The summed E-state index contributed by atoms with van der Waals surface area (Å²) in [7, 11) is 0. The van der Waals surface area contributed by atoms with Gasteiger partial charge in [0.15, 0.2) is 0 Å². The lowest BCUT2D eigenvalue weighted by atomic mass is 10.1. The summed E-state index contributed by atoms with van der Waals surface area (Å²) in [4.78, 5) is 18.1. The molecule has 0 aromatic carbocycles. The summed E-state index contributed by atoms with van der Waals surface area (Å²) in [6.45, 7) is 2.93. The molecule has 5 nitrogen and oxygen atoms in total. The fraction of sp³-hybridized carbons (Fsp3) is 0.455. The number of carbonyl (C=O) groups excluding carboxylic acids is 1. The molecule has 0 aliphatic carbocycles. The van der Waals surface area contributed by atoms with Crippen molar-refractivity contribution in [2.45, 2.75) is 6.04 Å². The van der Waals surface area contributed by atoms with E-state index in [-0.39, 0.29) is 11.9 Å². The van der Waals surface area contributed by atoms with Crippen LogP contribution in [0.25, 0.3) is 0 Å². The number of nitrogens with zero attached hydrogens (tertiary/aromatic N) is 2. The summed E-state index contributed by atoms with van der Waals surface area (Å²) in [5.41, 5.74) is 0.576. The number of rotatable bonds is 0. The maximum atomic E-state index is 12.2. The number of carbonyl (C=O) groups is 1. The molecule has 1 fully saturated rings. The highest BCUT2D eigenvalue weighted by Crippen LogP contribution is 2.24. The molecule has 0 radical (unpaired) electrons. The van der Waals surface area contributed by atoms with Crippen LogP contribution in [0.3, 0.4) is 0 Å². The number of hydrogen-bond donors (Lipinski definition) is 1. The van der Waals surface area contributed by atoms with Crippen molar-refractivity contribution in [1.29, 1.82) is 0 Å². The molecular weight excluding hydrogens is 206 g/mol. The standard InChI is InChI=1S/C11H13N3O2/c15-11-9-6-12-2-1-10(9)16-7-8-5-13-3-4-14(8)11/h1-2,6,8,13H,3-5,7H2/t8-/m0/s1. The lowest BCUT2D eigenvalue weighted by Crippen LogP contribution is -2.54. The zero-order valence-corrected chi connectivity index (χ0v) is 8.85. The molecule has 0 unspecified atom stereocenters. The van der Waals surface area contributed by atoms with Crippen LogP contribution in [0.4, 0.5) is 0 Å². The average molecular weight is 219 g/mol. The van der Waals surface area contributed by atoms with Gasteiger partial charge in [-0.05, 0) is 6.07 Å². The summed E-state index contributed by atoms with van der Waals surface area (Å²) in [6.07, 6.45) is 3.23. The van der Waals surface area contributed by atoms with Crippen LogP contribution in [-0.4, -0.2) is 48.1 Å². The first-order chi connectivity index (χ1) is 7.86. The van der Waals surface area contributed by atoms with E-state index >= 15 is 0 Å². The lowest BCUT2D eigenvalue weighted by molar-refractivity contribution is 0.0606. The number of aromatic nitrogens is 1. The van der Waals surface area contributed by atoms with Gasteiger partial charge in [-0.1, -0.05) is 0 Å². The first-order valence-corrected chi connectivity index (χ1v) is 5.45. The Kier molecular flexibility index (Phi) is 2.25. The highest BCUT2D eigenvalue weighted by atomic mass is 16.5. The van der Waals surface area contributed by atoms with Crippen molar-refractivity contribution in [2.75, 3.05) is 26.2 Å². The van der Waals surface area contributed by atoms with Crippen LogP contribution in [0.2, 0.25) is 0 Å². The molecule has 3 rings (SSSR count). The third-order valence-electron chi connectivity index (χ3n) is 3.05. The van der Waals surface area contributed by atoms with Crippen molar-refractivity contribution < 1.29 is 9.53 Å². The molecule has 1 aromatic heterocycles. The smallest absolute Gasteiger partial charge is 0.259 e. The minimum Gasteiger partial charge on any atom is -0.490 e. The Morgan fingerprint density at radius 1 is 1.56 bits per heavy atom. The number of ether oxygens (including phenoxy) is 1. The van der Waals surface area contributed by atoms with E-state index in [9.17, 15) is 4.79 Å². The average Bonchev–Trinajstić information content (AvgIpc) is 2.49. The van der Waals surface area contributed by atoms with Crippen molar-refractivity contribution in [2.24, 2.45) is 0 Å². The van der Waals surface area contributed by atoms with Crippen molar-refractivity contribution in [3.8, 4) is 5.75 Å². The summed E-state index contributed by atoms with van der Waals surface area (Å²) in [5.74, 6) is 0.682. The van der Waals surface area contributed by atoms with E-state index in [2.05, 4.69) is 10.3 Å². The van der Waals surface area contributed by atoms with Gasteiger partial charge < -0.3 is 15.0 Å². The quantitative estimate of drug-likeness (QED) is 0.661. The topological polar surface area (TPSA) is 54.5 Å². The normalized spacial score (nSPS) is 24.1. The van der Waals surface area contributed by atoms with Crippen LogP contribution >= 0.6 is 0 Å². The van der Waals surface area contributed by atoms with Gasteiger partial charge in [-0.2, -0.15) is 0 Å². The van der Waals surface area contributed by atoms with E-state index in [1.807, 2.05) is 4.90 Å². The van der Waals surface area contributed by atoms with E-state index in [0.29, 0.717) is 17.9 Å². The molecule has 0 saturated carbocycles. The zero-order chi connectivity index (χ0) is 11.0. The van der Waals surface area contributed by atoms with Gasteiger partial charge >= 0.3 is 0 Å². The van der Waals surface area contributed by atoms with Crippen LogP contribution in [0.1, 0.15) is 10.4 Å². The molecule has 1 N–H and O–H groups in total. The maximum absolute atomic E-state index is 12.2. The Labute approximate surface area is 93.4 Å². The number of nitrogens with one attached hydrogen (secondary N) is 1. The Bertz CT molecular complexity index is 421. The number of piperazine rings is 1. The second-order valence-corrected chi connectivity index (χ2v) is 4.04. The van der Waals surface area contributed by atoms with Crippen LogP contribution in [0, 0.1) is 0 Å². The predicted octanol–water partition coefficient (Wildman–Crippen LogP) is -0.112. The van der Waals surface area contributed by atoms with Gasteiger partial charge in [0.25, 0.3) is 5.91 Å². The van der Waals surface area contributed by atoms with Crippen LogP contribution in [0.15, 0.2) is 18.5 Å². The molecule has 84 valence electrons. The van der Waals surface area contributed by atoms with Gasteiger partial charge in [-0.25, -0.2) is 0 Å². The minimum absolute atomic E-state index is 0.0344. The Morgan fingerprint density at radius 3 is 3.44 bits per heavy atom. The van der Waals surface area contributed by atoms with E-state index in [1.165, 1.54) is 0 Å². The Hall–Kier alpha value is -1.62. The first kappa shape index (κ1) is 9.59. The van der Waals surface area contributed by atoms with Gasteiger partial charge in [0.1, 0.15) is 12.4 Å². The van der Waals surface area contributed by atoms with Crippen molar-refractivity contribution in [3.63, 3.8) is 0 Å². The van der Waals surface area contributed by atoms with Crippen LogP contribution < -0.4 is 10.1 Å². The van der Waals surface area contributed by atoms with Gasteiger partial charge in [-0.15, -0.1) is 0 Å². The second-order valence-electron chi connectivity index (χ2n) is 4.04. The largest absolute Gasteiger partial charge is 0.490 e. The van der Waals surface area contributed by atoms with Crippen LogP contribution in [0.5, 0.6) is 5.75 Å². The van der Waals surface area contributed by atoms with Gasteiger partial charge in [0.2, 0.25) is 0 Å². The number of amides is 1. The third kappa shape index (κ3) is 1.44. The minimum atomic E-state index is 0.0344. The zero-order valence-electron chi connectivity index (χ0n) is 8.85. The molecule has 16 heavy (non-hydrogen) atoms. The maximum Gasteiger partial charge on any atom is 0.259 e. The predicted molar refractivity (Wildman–Crippen MR) is 57.4 cm³/mol. The fourth-order valence-electron chi connectivity index (χ4n) is 2.19. The highest BCUT2D eigenvalue weighted by molar-refractivity contribution is 5.97. The summed E-state index contributed by atoms with van der Waals surface area (Å²) in [6, 6.07) is 1.88. The molecule has 2 aliphatic heterocycles. The van der Waals surface area contributed by atoms with Gasteiger partial charge in [0.05, 0.1) is 11.6 Å². The third-order valence-corrected chi connectivity index (χ3v) is 3.05.